The average molecular weight is 609 g/mol. The zero-order valence-electron chi connectivity index (χ0n) is 23.3. The minimum Gasteiger partial charge on any atom is -0.382 e. The molecule has 220 valence electrons. The Morgan fingerprint density at radius 2 is 1.93 bits per heavy atom. The van der Waals surface area contributed by atoms with Gasteiger partial charge in [-0.25, -0.2) is 13.5 Å². The van der Waals surface area contributed by atoms with Crippen molar-refractivity contribution in [1.82, 2.24) is 29.2 Å². The third kappa shape index (κ3) is 5.06. The minimum absolute atomic E-state index is 0.154. The van der Waals surface area contributed by atoms with E-state index in [0.717, 1.165) is 4.09 Å². The molecule has 0 aliphatic heterocycles. The molecule has 0 aliphatic rings. The molecule has 14 heteroatoms. The van der Waals surface area contributed by atoms with E-state index < -0.39 is 27.8 Å². The van der Waals surface area contributed by atoms with Crippen LogP contribution >= 0.6 is 0 Å². The second-order valence-corrected chi connectivity index (χ2v) is 11.7. The molecular weight excluding hydrogens is 582 g/mol. The molecular formula is C30H26N9O4S+. The molecule has 6 N–H and O–H groups in total. The predicted octanol–water partition coefficient (Wildman–Crippen LogP) is 1.22. The van der Waals surface area contributed by atoms with E-state index >= 15 is 0 Å². The monoisotopic (exact) mass is 608 g/mol. The van der Waals surface area contributed by atoms with Crippen LogP contribution < -0.4 is 26.9 Å². The van der Waals surface area contributed by atoms with Crippen LogP contribution in [0.5, 0.6) is 0 Å². The quantitative estimate of drug-likeness (QED) is 0.160. The molecule has 44 heavy (non-hydrogen) atoms. The van der Waals surface area contributed by atoms with Crippen LogP contribution in [0.1, 0.15) is 40.1 Å². The number of carbonyl (C=O) groups is 1. The number of nitrogen functional groups attached to an aromatic ring is 1. The van der Waals surface area contributed by atoms with Crippen molar-refractivity contribution in [3.05, 3.63) is 118 Å². The molecule has 0 fully saturated rings. The maximum absolute atomic E-state index is 14.2. The maximum atomic E-state index is 14.2. The standard InChI is InChI=1S/C30H25N9O4S/c1-19(35-29(40)26-27(32)36-37-14-6-13-33-28(26)37)24-15-22-8-5-7-21(12-11-20-16-34-38(17-20)44(42,43)18-31)25(22)30(41)39(24)23-9-3-2-4-10-23/h2-10,13-17,19H,18,31H2,1H3,(H3,32,35,36,40)/p+1. The van der Waals surface area contributed by atoms with E-state index in [2.05, 4.69) is 32.3 Å². The number of nitrogens with two attached hydrogens (primary N) is 2. The summed E-state index contributed by atoms with van der Waals surface area (Å²) in [5, 5.41) is 10.7. The zero-order valence-corrected chi connectivity index (χ0v) is 24.1. The zero-order chi connectivity index (χ0) is 31.0. The van der Waals surface area contributed by atoms with E-state index in [4.69, 9.17) is 11.5 Å². The number of fused-ring (bicyclic) bond motifs is 2. The van der Waals surface area contributed by atoms with Crippen molar-refractivity contribution in [2.24, 2.45) is 5.73 Å². The van der Waals surface area contributed by atoms with Gasteiger partial charge in [-0.3, -0.25) is 14.2 Å². The number of anilines is 1. The second kappa shape index (κ2) is 11.1. The summed E-state index contributed by atoms with van der Waals surface area (Å²) in [5.74, 6) is 4.97. The SMILES string of the molecule is CC(NC(=O)c1c(N)[nH][n+]2cccnc12)c1cc2cccc(C#Cc3cnn(S(=O)(=O)CN)c3)c2c(=O)n1-c1ccccc1. The number of aromatic amines is 1. The fourth-order valence-electron chi connectivity index (χ4n) is 4.90. The Labute approximate surface area is 250 Å². The highest BCUT2D eigenvalue weighted by Gasteiger charge is 2.27. The molecule has 0 aliphatic carbocycles. The summed E-state index contributed by atoms with van der Waals surface area (Å²) in [4.78, 5) is 32.0. The molecule has 4 aromatic heterocycles. The molecule has 0 bridgehead atoms. The van der Waals surface area contributed by atoms with Gasteiger partial charge in [0.2, 0.25) is 0 Å². The maximum Gasteiger partial charge on any atom is 0.362 e. The van der Waals surface area contributed by atoms with Crippen LogP contribution in [0.3, 0.4) is 0 Å². The molecule has 4 heterocycles. The van der Waals surface area contributed by atoms with Crippen molar-refractivity contribution in [2.75, 3.05) is 11.6 Å². The summed E-state index contributed by atoms with van der Waals surface area (Å²) in [5.41, 5.74) is 13.5. The molecule has 1 amide bonds. The summed E-state index contributed by atoms with van der Waals surface area (Å²) in [6, 6.07) is 17.2. The van der Waals surface area contributed by atoms with Gasteiger partial charge >= 0.3 is 5.65 Å². The Hall–Kier alpha value is -5.78. The fraction of sp³-hybridized carbons (Fsp3) is 0.100. The van der Waals surface area contributed by atoms with Crippen LogP contribution in [0.4, 0.5) is 5.82 Å². The van der Waals surface area contributed by atoms with E-state index in [0.29, 0.717) is 38.9 Å². The van der Waals surface area contributed by atoms with Gasteiger partial charge < -0.3 is 16.8 Å². The number of rotatable bonds is 6. The minimum atomic E-state index is -3.77. The predicted molar refractivity (Wildman–Crippen MR) is 163 cm³/mol. The van der Waals surface area contributed by atoms with Gasteiger partial charge in [-0.1, -0.05) is 42.2 Å². The lowest BCUT2D eigenvalue weighted by atomic mass is 10.0. The van der Waals surface area contributed by atoms with E-state index in [9.17, 15) is 18.0 Å². The van der Waals surface area contributed by atoms with E-state index in [1.807, 2.05) is 24.3 Å². The van der Waals surface area contributed by atoms with Gasteiger partial charge in [0.05, 0.1) is 29.4 Å². The molecule has 6 rings (SSSR count). The molecule has 0 radical (unpaired) electrons. The number of H-pyrrole nitrogens is 1. The highest BCUT2D eigenvalue weighted by Crippen LogP contribution is 2.24. The number of amides is 1. The molecule has 2 aromatic carbocycles. The first-order chi connectivity index (χ1) is 21.2. The number of hydrogen-bond acceptors (Lipinski definition) is 8. The van der Waals surface area contributed by atoms with Gasteiger partial charge in [-0.2, -0.15) is 9.19 Å². The summed E-state index contributed by atoms with van der Waals surface area (Å²) < 4.78 is 27.9. The van der Waals surface area contributed by atoms with E-state index in [-0.39, 0.29) is 16.9 Å². The Balaban J connectivity index is 1.45. The largest absolute Gasteiger partial charge is 0.382 e. The fourth-order valence-corrected chi connectivity index (χ4v) is 5.52. The summed E-state index contributed by atoms with van der Waals surface area (Å²) in [6.45, 7) is 1.78. The lowest BCUT2D eigenvalue weighted by Crippen LogP contribution is -2.33. The Bertz CT molecular complexity index is 2300. The number of carbonyl (C=O) groups excluding carboxylic acids is 1. The van der Waals surface area contributed by atoms with Crippen LogP contribution in [-0.2, 0) is 10.0 Å². The van der Waals surface area contributed by atoms with Crippen LogP contribution in [0.25, 0.3) is 22.1 Å². The van der Waals surface area contributed by atoms with Crippen molar-refractivity contribution in [2.45, 2.75) is 13.0 Å². The summed E-state index contributed by atoms with van der Waals surface area (Å²) in [6.07, 6.45) is 5.84. The number of pyridine rings is 1. The van der Waals surface area contributed by atoms with Crippen molar-refractivity contribution in [1.29, 1.82) is 0 Å². The summed E-state index contributed by atoms with van der Waals surface area (Å²) in [7, 11) is -3.77. The van der Waals surface area contributed by atoms with Crippen molar-refractivity contribution in [3.63, 3.8) is 0 Å². The van der Waals surface area contributed by atoms with Gasteiger partial charge in [0.1, 0.15) is 18.3 Å². The van der Waals surface area contributed by atoms with Gasteiger partial charge in [-0.15, -0.1) is 4.52 Å². The van der Waals surface area contributed by atoms with Crippen molar-refractivity contribution < 1.29 is 17.7 Å². The average Bonchev–Trinajstić information content (AvgIpc) is 3.64. The van der Waals surface area contributed by atoms with Crippen LogP contribution in [-0.4, -0.2) is 44.0 Å². The molecule has 0 spiro atoms. The third-order valence-electron chi connectivity index (χ3n) is 6.99. The first kappa shape index (κ1) is 28.3. The van der Waals surface area contributed by atoms with Crippen LogP contribution in [0.2, 0.25) is 0 Å². The van der Waals surface area contributed by atoms with Crippen molar-refractivity contribution in [3.8, 4) is 17.5 Å². The smallest absolute Gasteiger partial charge is 0.362 e. The van der Waals surface area contributed by atoms with Gasteiger partial charge in [0, 0.05) is 23.0 Å². The van der Waals surface area contributed by atoms with Gasteiger partial charge in [0.25, 0.3) is 21.5 Å². The molecule has 0 saturated heterocycles. The topological polar surface area (TPSA) is 188 Å². The summed E-state index contributed by atoms with van der Waals surface area (Å²) >= 11 is 0. The normalized spacial score (nSPS) is 12.1. The number of aromatic nitrogens is 6. The van der Waals surface area contributed by atoms with Crippen LogP contribution in [0.15, 0.2) is 90.2 Å². The molecule has 13 nitrogen and oxygen atoms in total. The Morgan fingerprint density at radius 3 is 2.70 bits per heavy atom. The van der Waals surface area contributed by atoms with E-state index in [1.165, 1.54) is 17.0 Å². The lowest BCUT2D eigenvalue weighted by molar-refractivity contribution is -0.577. The van der Waals surface area contributed by atoms with Gasteiger partial charge in [-0.05, 0) is 41.6 Å². The first-order valence-electron chi connectivity index (χ1n) is 13.4. The molecule has 6 aromatic rings. The van der Waals surface area contributed by atoms with Crippen LogP contribution in [0, 0.1) is 11.8 Å². The molecule has 0 saturated carbocycles. The number of hydrogen-bond donors (Lipinski definition) is 4. The molecule has 1 atom stereocenters. The van der Waals surface area contributed by atoms with Gasteiger partial charge in [0.15, 0.2) is 11.4 Å². The van der Waals surface area contributed by atoms with Crippen molar-refractivity contribution >= 4 is 38.2 Å². The molecule has 1 unspecified atom stereocenters. The highest BCUT2D eigenvalue weighted by atomic mass is 32.2. The first-order valence-corrected chi connectivity index (χ1v) is 15.0. The lowest BCUT2D eigenvalue weighted by Gasteiger charge is -2.21. The van der Waals surface area contributed by atoms with E-state index in [1.54, 1.807) is 60.2 Å². The second-order valence-electron chi connectivity index (χ2n) is 9.85. The number of benzene rings is 2. The number of nitrogens with zero attached hydrogens (tertiary/aromatic N) is 5. The Morgan fingerprint density at radius 1 is 1.14 bits per heavy atom. The Kier molecular flexibility index (Phi) is 7.17. The number of para-hydroxylation sites is 1. The third-order valence-corrected chi connectivity index (χ3v) is 8.18. The number of nitrogens with one attached hydrogen (secondary N) is 2. The highest BCUT2D eigenvalue weighted by molar-refractivity contribution is 7.89.